The third kappa shape index (κ3) is 12.3. The zero-order valence-electron chi connectivity index (χ0n) is 45.0. The molecule has 0 amide bonds. The highest BCUT2D eigenvalue weighted by atomic mass is 79.9. The van der Waals surface area contributed by atoms with E-state index in [1.54, 1.807) is 0 Å². The molecule has 3 N–H and O–H groups in total. The monoisotopic (exact) mass is 866 g/mol. The van der Waals surface area contributed by atoms with Crippen molar-refractivity contribution in [3.8, 4) is 0 Å². The van der Waals surface area contributed by atoms with Gasteiger partial charge < -0.3 is 11.1 Å². The van der Waals surface area contributed by atoms with Crippen LogP contribution in [-0.2, 0) is 22.7 Å². The second-order valence-corrected chi connectivity index (χ2v) is 18.0. The van der Waals surface area contributed by atoms with E-state index in [1.807, 2.05) is 60.7 Å². The fraction of sp³-hybridized carbons (Fsp3) is 0.255. The summed E-state index contributed by atoms with van der Waals surface area (Å²) in [5, 5.41) is 3.34. The zero-order valence-corrected chi connectivity index (χ0v) is 36.1. The molecule has 0 atom stereocenters. The Balaban J connectivity index is 0.000000236. The van der Waals surface area contributed by atoms with Gasteiger partial charge in [-0.25, -0.2) is 0 Å². The Kier molecular flexibility index (Phi) is 8.99. The maximum absolute atomic E-state index is 8.87. The summed E-state index contributed by atoms with van der Waals surface area (Å²) < 4.78 is 99.5. The van der Waals surface area contributed by atoms with Crippen LogP contribution in [0.4, 0.5) is 17.1 Å². The van der Waals surface area contributed by atoms with E-state index >= 15 is 0 Å². The molecule has 7 aromatic carbocycles. The van der Waals surface area contributed by atoms with E-state index in [2.05, 4.69) is 112 Å². The van der Waals surface area contributed by atoms with Gasteiger partial charge in [0, 0.05) is 26.0 Å². The van der Waals surface area contributed by atoms with Gasteiger partial charge in [0.2, 0.25) is 0 Å². The highest BCUT2D eigenvalue weighted by Gasteiger charge is 2.14. The van der Waals surface area contributed by atoms with Gasteiger partial charge in [-0.15, -0.1) is 0 Å². The van der Waals surface area contributed by atoms with Gasteiger partial charge in [-0.3, -0.25) is 0 Å². The van der Waals surface area contributed by atoms with Crippen LogP contribution in [0, 0.1) is 0 Å². The topological polar surface area (TPSA) is 38.0 Å². The first-order valence-electron chi connectivity index (χ1n) is 24.1. The van der Waals surface area contributed by atoms with Crippen molar-refractivity contribution in [1.29, 1.82) is 0 Å². The first kappa shape index (κ1) is 28.1. The van der Waals surface area contributed by atoms with Crippen molar-refractivity contribution in [2.45, 2.75) is 85.0 Å². The van der Waals surface area contributed by atoms with Gasteiger partial charge >= 0.3 is 0 Å². The van der Waals surface area contributed by atoms with Crippen molar-refractivity contribution in [2.24, 2.45) is 0 Å². The predicted octanol–water partition coefficient (Wildman–Crippen LogP) is 15.7. The molecule has 0 aromatic heterocycles. The Hall–Kier alpha value is -4.38. The lowest BCUT2D eigenvalue weighted by Crippen LogP contribution is -2.10. The molecule has 55 heavy (non-hydrogen) atoms. The summed E-state index contributed by atoms with van der Waals surface area (Å²) in [5.41, 5.74) is 12.3. The summed E-state index contributed by atoms with van der Waals surface area (Å²) in [6.07, 6.45) is 0.268. The summed E-state index contributed by atoms with van der Waals surface area (Å²) in [6, 6.07) is 21.8. The van der Waals surface area contributed by atoms with Crippen molar-refractivity contribution in [1.82, 2.24) is 0 Å². The maximum atomic E-state index is 8.87. The van der Waals surface area contributed by atoms with Crippen LogP contribution < -0.4 is 11.1 Å². The highest BCUT2D eigenvalue weighted by molar-refractivity contribution is 9.10. The van der Waals surface area contributed by atoms with Crippen molar-refractivity contribution in [3.63, 3.8) is 0 Å². The highest BCUT2D eigenvalue weighted by Crippen LogP contribution is 2.29. The number of nitrogens with two attached hydrogens (primary N) is 1. The average molecular weight is 869 g/mol. The number of halogens is 2. The van der Waals surface area contributed by atoms with Gasteiger partial charge in [-0.2, -0.15) is 0 Å². The molecule has 0 saturated carbocycles. The smallest absolute Gasteiger partial charge is 0.0651 e. The number of benzene rings is 7. The van der Waals surface area contributed by atoms with E-state index in [1.165, 1.54) is 11.1 Å². The van der Waals surface area contributed by atoms with E-state index in [0.29, 0.717) is 11.3 Å². The Morgan fingerprint density at radius 1 is 0.455 bits per heavy atom. The fourth-order valence-corrected chi connectivity index (χ4v) is 6.00. The number of hydrogen-bond donors (Lipinski definition) is 2. The zero-order chi connectivity index (χ0) is 50.4. The molecular formula is C51H56Br2N2. The maximum Gasteiger partial charge on any atom is 0.0651 e. The summed E-state index contributed by atoms with van der Waals surface area (Å²) in [5.74, 6) is 0. The second kappa shape index (κ2) is 17.6. The minimum Gasteiger partial charge on any atom is -0.399 e. The normalized spacial score (nSPS) is 14.7. The fourth-order valence-electron chi connectivity index (χ4n) is 5.40. The Morgan fingerprint density at radius 2 is 0.855 bits per heavy atom. The molecule has 0 aliphatic rings. The number of nitrogen functional groups attached to an aromatic ring is 1. The second-order valence-electron chi connectivity index (χ2n) is 16.4. The third-order valence-corrected chi connectivity index (χ3v) is 9.53. The van der Waals surface area contributed by atoms with E-state index in [4.69, 9.17) is 22.2 Å². The summed E-state index contributed by atoms with van der Waals surface area (Å²) >= 11 is 6.08. The molecule has 284 valence electrons. The number of fused-ring (bicyclic) bond motifs is 2. The quantitative estimate of drug-likeness (QED) is 0.173. The Morgan fingerprint density at radius 3 is 1.35 bits per heavy atom. The molecule has 0 aliphatic carbocycles. The molecule has 4 heteroatoms. The molecule has 0 aliphatic heterocycles. The van der Waals surface area contributed by atoms with Gasteiger partial charge in [0.25, 0.3) is 0 Å². The van der Waals surface area contributed by atoms with Gasteiger partial charge in [0.1, 0.15) is 0 Å². The Bertz CT molecular complexity index is 2760. The number of nitrogens with one attached hydrogen (secondary N) is 1. The van der Waals surface area contributed by atoms with Crippen LogP contribution in [0.3, 0.4) is 0 Å². The molecule has 0 fully saturated rings. The van der Waals surface area contributed by atoms with E-state index in [9.17, 15) is 0 Å². The number of rotatable bonds is 4. The molecule has 0 radical (unpaired) electrons. The lowest BCUT2D eigenvalue weighted by atomic mass is 9.86. The first-order valence-corrected chi connectivity index (χ1v) is 19.7. The molecule has 2 nitrogen and oxygen atoms in total. The summed E-state index contributed by atoms with van der Waals surface area (Å²) in [4.78, 5) is 0. The standard InChI is InChI=1S/C31H35N.C10H6Br2.C10H15N/c1-30(2,3)26-12-8-22(9-13-26)19-23-7-10-25-21-29(16-11-24(25)20-23)32-28-17-14-27(15-18-28)31(4,5)6;11-9-3-1-7-5-10(12)4-2-8(7)6-9;1-10(2,3)8-4-6-9(11)7-5-8/h7-18,20-21,32H,19H2,1-6H3;1-6H;4-7H,11H2,1-3H3/i7D,10D,11D,16D,20D,21D;1D,2D,3D,4D,5D,6D;. The average Bonchev–Trinajstić information content (AvgIpc) is 3.26. The van der Waals surface area contributed by atoms with Gasteiger partial charge in [0.05, 0.1) is 16.4 Å². The van der Waals surface area contributed by atoms with Crippen LogP contribution in [0.5, 0.6) is 0 Å². The van der Waals surface area contributed by atoms with Gasteiger partial charge in [0.15, 0.2) is 0 Å². The van der Waals surface area contributed by atoms with Crippen molar-refractivity contribution < 1.29 is 16.4 Å². The molecular weight excluding hydrogens is 800 g/mol. The van der Waals surface area contributed by atoms with Gasteiger partial charge in [-0.05, 0) is 133 Å². The lowest BCUT2D eigenvalue weighted by molar-refractivity contribution is 0.590. The van der Waals surface area contributed by atoms with Crippen LogP contribution in [0.15, 0.2) is 154 Å². The molecule has 0 bridgehead atoms. The summed E-state index contributed by atoms with van der Waals surface area (Å²) in [7, 11) is 0. The molecule has 7 rings (SSSR count). The predicted molar refractivity (Wildman–Crippen MR) is 249 cm³/mol. The third-order valence-electron chi connectivity index (χ3n) is 8.74. The van der Waals surface area contributed by atoms with E-state index < -0.39 is 0 Å². The molecule has 0 unspecified atom stereocenters. The number of anilines is 3. The Labute approximate surface area is 363 Å². The van der Waals surface area contributed by atoms with Crippen molar-refractivity contribution >= 4 is 70.5 Å². The lowest BCUT2D eigenvalue weighted by Gasteiger charge is -2.19. The molecule has 7 aromatic rings. The minimum absolute atomic E-state index is 0.00649. The van der Waals surface area contributed by atoms with Crippen LogP contribution in [0.2, 0.25) is 0 Å². The first-order chi connectivity index (χ1) is 30.9. The van der Waals surface area contributed by atoms with Crippen LogP contribution >= 0.6 is 31.9 Å². The molecule has 0 saturated heterocycles. The van der Waals surface area contributed by atoms with E-state index in [-0.39, 0.29) is 131 Å². The van der Waals surface area contributed by atoms with Crippen LogP contribution in [-0.4, -0.2) is 0 Å². The van der Waals surface area contributed by atoms with E-state index in [0.717, 1.165) is 16.8 Å². The van der Waals surface area contributed by atoms with Crippen molar-refractivity contribution in [2.75, 3.05) is 11.1 Å². The molecule has 0 spiro atoms. The minimum atomic E-state index is -0.216. The van der Waals surface area contributed by atoms with Crippen LogP contribution in [0.1, 0.15) is 107 Å². The van der Waals surface area contributed by atoms with Crippen LogP contribution in [0.25, 0.3) is 21.5 Å². The number of hydrogen-bond acceptors (Lipinski definition) is 2. The summed E-state index contributed by atoms with van der Waals surface area (Å²) in [6.45, 7) is 19.4. The molecule has 0 heterocycles. The SMILES string of the molecule is CC(C)(C)c1ccc(N)cc1.[2H]c1c(Br)c([2H])c2c([2H])c([2H])c(Br)c([2H])c2c1[2H].[2H]c1c(Nc2ccc(C(C)(C)C)cc2)c([2H])c2c([2H])c([2H])c(Cc3ccc(C(C)(C)C)cc3)c([2H])c2c1[2H]. The largest absolute Gasteiger partial charge is 0.399 e. The van der Waals surface area contributed by atoms with Gasteiger partial charge in [-0.1, -0.05) is 179 Å². The van der Waals surface area contributed by atoms with Crippen molar-refractivity contribution in [3.05, 3.63) is 182 Å².